The topological polar surface area (TPSA) is 73.1 Å². The van der Waals surface area contributed by atoms with E-state index in [1.807, 2.05) is 6.92 Å². The number of hydrogen-bond acceptors (Lipinski definition) is 5. The van der Waals surface area contributed by atoms with Crippen LogP contribution in [0.2, 0.25) is 5.28 Å². The highest BCUT2D eigenvalue weighted by atomic mass is 35.5. The molecule has 1 unspecified atom stereocenters. The Balaban J connectivity index is 1.68. The van der Waals surface area contributed by atoms with E-state index in [0.29, 0.717) is 30.1 Å². The Morgan fingerprint density at radius 1 is 1.32 bits per heavy atom. The Morgan fingerprint density at radius 3 is 2.87 bits per heavy atom. The minimum absolute atomic E-state index is 0.0786. The molecule has 0 bridgehead atoms. The van der Waals surface area contributed by atoms with Crippen molar-refractivity contribution in [1.82, 2.24) is 24.4 Å². The first-order chi connectivity index (χ1) is 14.9. The van der Waals surface area contributed by atoms with Crippen molar-refractivity contribution in [3.63, 3.8) is 0 Å². The number of halogens is 3. The number of hydrogen-bond donors (Lipinski definition) is 0. The predicted molar refractivity (Wildman–Crippen MR) is 110 cm³/mol. The quantitative estimate of drug-likeness (QED) is 0.536. The summed E-state index contributed by atoms with van der Waals surface area (Å²) < 4.78 is 33.3. The molecule has 0 saturated heterocycles. The van der Waals surface area contributed by atoms with Gasteiger partial charge in [0.25, 0.3) is 12.3 Å². The Kier molecular flexibility index (Phi) is 5.97. The van der Waals surface area contributed by atoms with Gasteiger partial charge in [-0.25, -0.2) is 23.7 Å². The lowest BCUT2D eigenvalue weighted by Gasteiger charge is -2.35. The summed E-state index contributed by atoms with van der Waals surface area (Å²) in [6.45, 7) is 2.76. The van der Waals surface area contributed by atoms with Gasteiger partial charge in [-0.15, -0.1) is 0 Å². The Hall–Kier alpha value is -2.91. The van der Waals surface area contributed by atoms with Gasteiger partial charge < -0.3 is 14.2 Å². The SMILES string of the molecule is COCC1Cn2cc(-c3nc(Cl)ncc3C)nc2C(=O)N1Cc1cccc(C(F)F)c1. The smallest absolute Gasteiger partial charge is 0.290 e. The van der Waals surface area contributed by atoms with Gasteiger partial charge in [-0.05, 0) is 35.7 Å². The molecule has 31 heavy (non-hydrogen) atoms. The van der Waals surface area contributed by atoms with Crippen molar-refractivity contribution in [2.45, 2.75) is 32.5 Å². The van der Waals surface area contributed by atoms with Crippen molar-refractivity contribution >= 4 is 17.5 Å². The largest absolute Gasteiger partial charge is 0.382 e. The average Bonchev–Trinajstić information content (AvgIpc) is 3.17. The number of aryl methyl sites for hydroxylation is 1. The number of imidazole rings is 1. The number of aromatic nitrogens is 4. The number of amides is 1. The van der Waals surface area contributed by atoms with Crippen LogP contribution in [0.4, 0.5) is 8.78 Å². The van der Waals surface area contributed by atoms with Crippen molar-refractivity contribution < 1.29 is 18.3 Å². The Bertz CT molecular complexity index is 1120. The number of fused-ring (bicyclic) bond motifs is 1. The van der Waals surface area contributed by atoms with E-state index in [1.165, 1.54) is 12.1 Å². The van der Waals surface area contributed by atoms with E-state index in [0.717, 1.165) is 5.56 Å². The van der Waals surface area contributed by atoms with Crippen LogP contribution in [0.3, 0.4) is 0 Å². The zero-order valence-corrected chi connectivity index (χ0v) is 17.7. The van der Waals surface area contributed by atoms with Crippen molar-refractivity contribution in [1.29, 1.82) is 0 Å². The first-order valence-corrected chi connectivity index (χ1v) is 9.98. The zero-order valence-electron chi connectivity index (χ0n) is 16.9. The van der Waals surface area contributed by atoms with Crippen LogP contribution < -0.4 is 0 Å². The van der Waals surface area contributed by atoms with Crippen molar-refractivity contribution in [2.24, 2.45) is 0 Å². The molecule has 0 N–H and O–H groups in total. The van der Waals surface area contributed by atoms with E-state index in [1.54, 1.807) is 41.1 Å². The Labute approximate surface area is 182 Å². The van der Waals surface area contributed by atoms with Crippen molar-refractivity contribution in [3.05, 3.63) is 64.5 Å². The van der Waals surface area contributed by atoms with E-state index in [-0.39, 0.29) is 35.2 Å². The summed E-state index contributed by atoms with van der Waals surface area (Å²) in [7, 11) is 1.56. The lowest BCUT2D eigenvalue weighted by atomic mass is 10.1. The highest BCUT2D eigenvalue weighted by Gasteiger charge is 2.34. The van der Waals surface area contributed by atoms with Gasteiger partial charge >= 0.3 is 0 Å². The fourth-order valence-electron chi connectivity index (χ4n) is 3.70. The molecule has 1 aromatic carbocycles. The summed E-state index contributed by atoms with van der Waals surface area (Å²) in [6, 6.07) is 5.80. The maximum atomic E-state index is 13.3. The summed E-state index contributed by atoms with van der Waals surface area (Å²) in [6.07, 6.45) is 0.785. The maximum Gasteiger partial charge on any atom is 0.290 e. The lowest BCUT2D eigenvalue weighted by Crippen LogP contribution is -2.49. The van der Waals surface area contributed by atoms with Gasteiger partial charge in [-0.2, -0.15) is 0 Å². The van der Waals surface area contributed by atoms with Gasteiger partial charge in [-0.1, -0.05) is 18.2 Å². The summed E-state index contributed by atoms with van der Waals surface area (Å²) in [5, 5.41) is 0.0932. The first kappa shape index (κ1) is 21.3. The third-order valence-corrected chi connectivity index (χ3v) is 5.36. The van der Waals surface area contributed by atoms with E-state index in [2.05, 4.69) is 15.0 Å². The van der Waals surface area contributed by atoms with Gasteiger partial charge in [0.15, 0.2) is 5.82 Å². The highest BCUT2D eigenvalue weighted by molar-refractivity contribution is 6.28. The maximum absolute atomic E-state index is 13.3. The molecule has 0 aliphatic carbocycles. The summed E-state index contributed by atoms with van der Waals surface area (Å²) in [4.78, 5) is 27.6. The number of ether oxygens (including phenoxy) is 1. The van der Waals surface area contributed by atoms with Gasteiger partial charge in [0.05, 0.1) is 18.3 Å². The number of alkyl halides is 2. The third kappa shape index (κ3) is 4.28. The van der Waals surface area contributed by atoms with E-state index in [4.69, 9.17) is 16.3 Å². The number of carbonyl (C=O) groups excluding carboxylic acids is 1. The van der Waals surface area contributed by atoms with E-state index < -0.39 is 6.43 Å². The molecule has 0 spiro atoms. The van der Waals surface area contributed by atoms with Gasteiger partial charge in [-0.3, -0.25) is 4.79 Å². The van der Waals surface area contributed by atoms with Gasteiger partial charge in [0, 0.05) is 38.2 Å². The second-order valence-electron chi connectivity index (χ2n) is 7.36. The number of methoxy groups -OCH3 is 1. The second-order valence-corrected chi connectivity index (χ2v) is 7.70. The molecule has 0 fully saturated rings. The van der Waals surface area contributed by atoms with Crippen LogP contribution in [0.5, 0.6) is 0 Å². The van der Waals surface area contributed by atoms with Crippen LogP contribution in [0.25, 0.3) is 11.4 Å². The molecular weight excluding hydrogens is 428 g/mol. The molecule has 1 aliphatic heterocycles. The van der Waals surface area contributed by atoms with Crippen LogP contribution in [-0.2, 0) is 17.8 Å². The molecule has 1 atom stereocenters. The number of carbonyl (C=O) groups is 1. The molecule has 2 aromatic heterocycles. The molecule has 4 rings (SSSR count). The second kappa shape index (κ2) is 8.68. The van der Waals surface area contributed by atoms with Crippen molar-refractivity contribution in [3.8, 4) is 11.4 Å². The minimum atomic E-state index is -2.57. The molecule has 1 aliphatic rings. The normalized spacial score (nSPS) is 16.1. The van der Waals surface area contributed by atoms with E-state index >= 15 is 0 Å². The fourth-order valence-corrected chi connectivity index (χ4v) is 3.83. The zero-order chi connectivity index (χ0) is 22.1. The molecule has 10 heteroatoms. The number of benzene rings is 1. The molecule has 3 heterocycles. The standard InChI is InChI=1S/C21H20ClF2N5O2/c1-12-7-25-21(22)27-17(12)16-10-28-9-15(11-31-2)29(20(30)19(28)26-16)8-13-4-3-5-14(6-13)18(23)24/h3-7,10,15,18H,8-9,11H2,1-2H3. The molecule has 3 aromatic rings. The summed E-state index contributed by atoms with van der Waals surface area (Å²) in [5.41, 5.74) is 2.38. The van der Waals surface area contributed by atoms with Crippen LogP contribution in [0.1, 0.15) is 33.7 Å². The monoisotopic (exact) mass is 447 g/mol. The average molecular weight is 448 g/mol. The van der Waals surface area contributed by atoms with Crippen LogP contribution in [0, 0.1) is 6.92 Å². The molecular formula is C21H20ClF2N5O2. The molecule has 162 valence electrons. The molecule has 1 amide bonds. The summed E-state index contributed by atoms with van der Waals surface area (Å²) >= 11 is 5.93. The Morgan fingerprint density at radius 2 is 2.13 bits per heavy atom. The van der Waals surface area contributed by atoms with E-state index in [9.17, 15) is 13.6 Å². The molecule has 0 radical (unpaired) electrons. The number of rotatable bonds is 6. The summed E-state index contributed by atoms with van der Waals surface area (Å²) in [5.74, 6) is -0.0543. The molecule has 0 saturated carbocycles. The van der Waals surface area contributed by atoms with Crippen LogP contribution in [-0.4, -0.2) is 50.1 Å². The van der Waals surface area contributed by atoms with Crippen LogP contribution >= 0.6 is 11.6 Å². The predicted octanol–water partition coefficient (Wildman–Crippen LogP) is 3.91. The first-order valence-electron chi connectivity index (χ1n) is 9.61. The van der Waals surface area contributed by atoms with Gasteiger partial charge in [0.1, 0.15) is 5.69 Å². The highest BCUT2D eigenvalue weighted by Crippen LogP contribution is 2.27. The minimum Gasteiger partial charge on any atom is -0.382 e. The molecule has 7 nitrogen and oxygen atoms in total. The third-order valence-electron chi connectivity index (χ3n) is 5.18. The lowest BCUT2D eigenvalue weighted by molar-refractivity contribution is 0.0380. The van der Waals surface area contributed by atoms with Gasteiger partial charge in [0.2, 0.25) is 5.28 Å². The van der Waals surface area contributed by atoms with Crippen molar-refractivity contribution in [2.75, 3.05) is 13.7 Å². The van der Waals surface area contributed by atoms with Crippen LogP contribution in [0.15, 0.2) is 36.7 Å². The number of nitrogens with zero attached hydrogens (tertiary/aromatic N) is 5. The fraction of sp³-hybridized carbons (Fsp3) is 0.333.